The lowest BCUT2D eigenvalue weighted by Gasteiger charge is -2.27. The number of hydrogen-bond acceptors (Lipinski definition) is 5. The standard InChI is InChI=1S/C18H29N3O3/c1-18(2,3)24-17(22)21(15-7-8-15)11-5-10-19-12-14-6-9-16(23-4)20-13-14/h6,9,13,15,19H,5,7-8,10-12H2,1-4H3. The van der Waals surface area contributed by atoms with Crippen LogP contribution in [0.25, 0.3) is 0 Å². The van der Waals surface area contributed by atoms with Gasteiger partial charge in [-0.1, -0.05) is 6.07 Å². The van der Waals surface area contributed by atoms with Crippen LogP contribution in [0.4, 0.5) is 4.79 Å². The average Bonchev–Trinajstić information content (AvgIpc) is 3.34. The molecule has 1 amide bonds. The first-order valence-corrected chi connectivity index (χ1v) is 8.58. The molecule has 1 aliphatic carbocycles. The van der Waals surface area contributed by atoms with Crippen LogP contribution >= 0.6 is 0 Å². The monoisotopic (exact) mass is 335 g/mol. The molecule has 1 saturated carbocycles. The molecule has 1 aromatic rings. The summed E-state index contributed by atoms with van der Waals surface area (Å²) in [4.78, 5) is 18.3. The number of ether oxygens (including phenoxy) is 2. The highest BCUT2D eigenvalue weighted by atomic mass is 16.6. The van der Waals surface area contributed by atoms with Crippen LogP contribution in [-0.2, 0) is 11.3 Å². The third-order valence-corrected chi connectivity index (χ3v) is 3.70. The van der Waals surface area contributed by atoms with Crippen LogP contribution in [0.3, 0.4) is 0 Å². The lowest BCUT2D eigenvalue weighted by molar-refractivity contribution is 0.0232. The number of rotatable bonds is 8. The third kappa shape index (κ3) is 6.35. The van der Waals surface area contributed by atoms with E-state index in [0.717, 1.165) is 44.5 Å². The van der Waals surface area contributed by atoms with Crippen LogP contribution in [0.15, 0.2) is 18.3 Å². The fourth-order valence-corrected chi connectivity index (χ4v) is 2.37. The first-order chi connectivity index (χ1) is 11.4. The van der Waals surface area contributed by atoms with E-state index in [9.17, 15) is 4.79 Å². The molecule has 0 aromatic carbocycles. The van der Waals surface area contributed by atoms with Crippen LogP contribution in [0.2, 0.25) is 0 Å². The van der Waals surface area contributed by atoms with E-state index in [2.05, 4.69) is 10.3 Å². The van der Waals surface area contributed by atoms with Crippen molar-refractivity contribution in [1.82, 2.24) is 15.2 Å². The van der Waals surface area contributed by atoms with E-state index >= 15 is 0 Å². The van der Waals surface area contributed by atoms with E-state index in [1.165, 1.54) is 0 Å². The summed E-state index contributed by atoms with van der Waals surface area (Å²) < 4.78 is 10.5. The summed E-state index contributed by atoms with van der Waals surface area (Å²) >= 11 is 0. The zero-order chi connectivity index (χ0) is 17.6. The van der Waals surface area contributed by atoms with Crippen molar-refractivity contribution in [3.63, 3.8) is 0 Å². The Balaban J connectivity index is 1.68. The Morgan fingerprint density at radius 3 is 2.67 bits per heavy atom. The summed E-state index contributed by atoms with van der Waals surface area (Å²) in [5, 5.41) is 3.38. The Bertz CT molecular complexity index is 521. The van der Waals surface area contributed by atoms with Crippen molar-refractivity contribution in [1.29, 1.82) is 0 Å². The minimum Gasteiger partial charge on any atom is -0.481 e. The maximum atomic E-state index is 12.2. The maximum Gasteiger partial charge on any atom is 0.410 e. The van der Waals surface area contributed by atoms with Gasteiger partial charge >= 0.3 is 6.09 Å². The molecule has 2 rings (SSSR count). The molecule has 6 heteroatoms. The quantitative estimate of drug-likeness (QED) is 0.740. The SMILES string of the molecule is COc1ccc(CNCCCN(C(=O)OC(C)(C)C)C2CC2)cn1. The molecule has 1 N–H and O–H groups in total. The normalized spacial score (nSPS) is 14.3. The second-order valence-corrected chi connectivity index (χ2v) is 7.14. The Morgan fingerprint density at radius 2 is 2.12 bits per heavy atom. The van der Waals surface area contributed by atoms with Gasteiger partial charge in [-0.15, -0.1) is 0 Å². The van der Waals surface area contributed by atoms with E-state index in [-0.39, 0.29) is 6.09 Å². The van der Waals surface area contributed by atoms with Gasteiger partial charge in [0.1, 0.15) is 5.60 Å². The molecular formula is C18H29N3O3. The number of hydrogen-bond donors (Lipinski definition) is 1. The summed E-state index contributed by atoms with van der Waals surface area (Å²) in [5.74, 6) is 0.621. The average molecular weight is 335 g/mol. The molecule has 0 bridgehead atoms. The van der Waals surface area contributed by atoms with Crippen molar-refractivity contribution in [3.05, 3.63) is 23.9 Å². The number of nitrogens with one attached hydrogen (secondary N) is 1. The van der Waals surface area contributed by atoms with Crippen LogP contribution in [0.1, 0.15) is 45.6 Å². The zero-order valence-electron chi connectivity index (χ0n) is 15.2. The van der Waals surface area contributed by atoms with Crippen molar-refractivity contribution in [3.8, 4) is 5.88 Å². The number of aromatic nitrogens is 1. The minimum absolute atomic E-state index is 0.190. The number of carbonyl (C=O) groups is 1. The summed E-state index contributed by atoms with van der Waals surface area (Å²) in [7, 11) is 1.61. The van der Waals surface area contributed by atoms with Gasteiger partial charge in [-0.05, 0) is 52.1 Å². The molecular weight excluding hydrogens is 306 g/mol. The summed E-state index contributed by atoms with van der Waals surface area (Å²) in [6.07, 6.45) is 4.70. The molecule has 1 aromatic heterocycles. The summed E-state index contributed by atoms with van der Waals surface area (Å²) in [6.45, 7) is 8.04. The number of pyridine rings is 1. The van der Waals surface area contributed by atoms with Crippen LogP contribution < -0.4 is 10.1 Å². The topological polar surface area (TPSA) is 63.7 Å². The summed E-state index contributed by atoms with van der Waals surface area (Å²) in [5.41, 5.74) is 0.672. The van der Waals surface area contributed by atoms with Gasteiger partial charge in [-0.3, -0.25) is 0 Å². The Labute approximate surface area is 144 Å². The smallest absolute Gasteiger partial charge is 0.410 e. The minimum atomic E-state index is -0.441. The third-order valence-electron chi connectivity index (χ3n) is 3.70. The van der Waals surface area contributed by atoms with Gasteiger partial charge in [-0.2, -0.15) is 0 Å². The Hall–Kier alpha value is -1.82. The van der Waals surface area contributed by atoms with Gasteiger partial charge in [0.2, 0.25) is 5.88 Å². The van der Waals surface area contributed by atoms with Gasteiger partial charge in [-0.25, -0.2) is 9.78 Å². The second-order valence-electron chi connectivity index (χ2n) is 7.14. The largest absolute Gasteiger partial charge is 0.481 e. The molecule has 0 aliphatic heterocycles. The fraction of sp³-hybridized carbons (Fsp3) is 0.667. The fourth-order valence-electron chi connectivity index (χ4n) is 2.37. The van der Waals surface area contributed by atoms with Crippen molar-refractivity contribution in [2.45, 2.75) is 58.2 Å². The van der Waals surface area contributed by atoms with Gasteiger partial charge in [0.15, 0.2) is 0 Å². The maximum absolute atomic E-state index is 12.2. The number of nitrogens with zero attached hydrogens (tertiary/aromatic N) is 2. The van der Waals surface area contributed by atoms with E-state index in [1.54, 1.807) is 7.11 Å². The van der Waals surface area contributed by atoms with Crippen molar-refractivity contribution < 1.29 is 14.3 Å². The molecule has 0 saturated heterocycles. The van der Waals surface area contributed by atoms with Gasteiger partial charge < -0.3 is 19.7 Å². The molecule has 0 radical (unpaired) electrons. The molecule has 1 fully saturated rings. The molecule has 1 aliphatic rings. The lowest BCUT2D eigenvalue weighted by Crippen LogP contribution is -2.39. The molecule has 0 spiro atoms. The van der Waals surface area contributed by atoms with Crippen LogP contribution in [0, 0.1) is 0 Å². The second kappa shape index (κ2) is 8.33. The highest BCUT2D eigenvalue weighted by Crippen LogP contribution is 2.28. The lowest BCUT2D eigenvalue weighted by atomic mass is 10.2. The molecule has 6 nitrogen and oxygen atoms in total. The van der Waals surface area contributed by atoms with E-state index in [4.69, 9.17) is 9.47 Å². The van der Waals surface area contributed by atoms with E-state index in [1.807, 2.05) is 44.0 Å². The predicted molar refractivity (Wildman–Crippen MR) is 93.1 cm³/mol. The predicted octanol–water partition coefficient (Wildman–Crippen LogP) is 2.97. The van der Waals surface area contributed by atoms with Gasteiger partial charge in [0, 0.05) is 31.4 Å². The van der Waals surface area contributed by atoms with Gasteiger partial charge in [0.25, 0.3) is 0 Å². The van der Waals surface area contributed by atoms with Crippen LogP contribution in [0.5, 0.6) is 5.88 Å². The van der Waals surface area contributed by atoms with E-state index < -0.39 is 5.60 Å². The molecule has 0 atom stereocenters. The number of methoxy groups -OCH3 is 1. The van der Waals surface area contributed by atoms with Crippen molar-refractivity contribution in [2.75, 3.05) is 20.2 Å². The van der Waals surface area contributed by atoms with Crippen molar-refractivity contribution in [2.24, 2.45) is 0 Å². The van der Waals surface area contributed by atoms with E-state index in [0.29, 0.717) is 11.9 Å². The number of amides is 1. The summed E-state index contributed by atoms with van der Waals surface area (Å²) in [6, 6.07) is 4.22. The zero-order valence-corrected chi connectivity index (χ0v) is 15.2. The first-order valence-electron chi connectivity index (χ1n) is 8.58. The van der Waals surface area contributed by atoms with Crippen LogP contribution in [-0.4, -0.2) is 47.8 Å². The Kier molecular flexibility index (Phi) is 6.43. The van der Waals surface area contributed by atoms with Gasteiger partial charge in [0.05, 0.1) is 7.11 Å². The molecule has 0 unspecified atom stereocenters. The Morgan fingerprint density at radius 1 is 1.38 bits per heavy atom. The highest BCUT2D eigenvalue weighted by Gasteiger charge is 2.34. The molecule has 134 valence electrons. The van der Waals surface area contributed by atoms with Crippen molar-refractivity contribution >= 4 is 6.09 Å². The highest BCUT2D eigenvalue weighted by molar-refractivity contribution is 5.69. The number of carbonyl (C=O) groups excluding carboxylic acids is 1. The first kappa shape index (κ1) is 18.5. The molecule has 1 heterocycles. The molecule has 24 heavy (non-hydrogen) atoms.